The topological polar surface area (TPSA) is 55.3 Å². The standard InChI is InChI=1S/C19H25N3O3.HI/c1-2-20-19(21-8-12-4-3-5-17-18(12)24-11-23-17)22-9-13-14(10-22)16-7-6-15(13)25-16;/h3-5,13-16H,2,6-11H2,1H3,(H,20,21);1H. The number of rotatable bonds is 3. The van der Waals surface area contributed by atoms with Crippen LogP contribution in [-0.2, 0) is 11.3 Å². The van der Waals surface area contributed by atoms with Crippen LogP contribution >= 0.6 is 24.0 Å². The number of likely N-dealkylation sites (tertiary alicyclic amines) is 1. The smallest absolute Gasteiger partial charge is 0.231 e. The van der Waals surface area contributed by atoms with Gasteiger partial charge in [0.2, 0.25) is 6.79 Å². The Hall–Kier alpha value is -1.22. The number of fused-ring (bicyclic) bond motifs is 6. The van der Waals surface area contributed by atoms with Crippen LogP contribution in [-0.4, -0.2) is 49.5 Å². The number of benzene rings is 1. The van der Waals surface area contributed by atoms with E-state index in [1.165, 1.54) is 12.8 Å². The predicted octanol–water partition coefficient (Wildman–Crippen LogP) is 2.61. The maximum absolute atomic E-state index is 6.09. The van der Waals surface area contributed by atoms with Gasteiger partial charge in [0, 0.05) is 37.0 Å². The van der Waals surface area contributed by atoms with E-state index in [1.807, 2.05) is 12.1 Å². The first kappa shape index (κ1) is 18.2. The first-order chi connectivity index (χ1) is 12.3. The van der Waals surface area contributed by atoms with Gasteiger partial charge in [0.1, 0.15) is 0 Å². The number of halogens is 1. The fraction of sp³-hybridized carbons (Fsp3) is 0.632. The Morgan fingerprint density at radius 1 is 1.19 bits per heavy atom. The summed E-state index contributed by atoms with van der Waals surface area (Å²) in [5, 5.41) is 3.46. The van der Waals surface area contributed by atoms with Crippen molar-refractivity contribution in [2.24, 2.45) is 16.8 Å². The minimum Gasteiger partial charge on any atom is -0.454 e. The summed E-state index contributed by atoms with van der Waals surface area (Å²) in [7, 11) is 0. The molecule has 4 aliphatic heterocycles. The molecule has 0 aromatic heterocycles. The van der Waals surface area contributed by atoms with Crippen molar-refractivity contribution in [1.82, 2.24) is 10.2 Å². The van der Waals surface area contributed by atoms with Crippen molar-refractivity contribution in [2.75, 3.05) is 26.4 Å². The van der Waals surface area contributed by atoms with Crippen molar-refractivity contribution in [1.29, 1.82) is 0 Å². The van der Waals surface area contributed by atoms with Gasteiger partial charge >= 0.3 is 0 Å². The Balaban J connectivity index is 0.00000168. The quantitative estimate of drug-likeness (QED) is 0.418. The molecule has 0 amide bonds. The molecule has 4 atom stereocenters. The molecule has 4 aliphatic rings. The van der Waals surface area contributed by atoms with Gasteiger partial charge in [-0.3, -0.25) is 0 Å². The highest BCUT2D eigenvalue weighted by Crippen LogP contribution is 2.47. The Kier molecular flexibility index (Phi) is 5.18. The van der Waals surface area contributed by atoms with E-state index in [4.69, 9.17) is 19.2 Å². The molecular formula is C19H26IN3O3. The van der Waals surface area contributed by atoms with Crippen molar-refractivity contribution in [3.63, 3.8) is 0 Å². The normalized spacial score (nSPS) is 31.1. The van der Waals surface area contributed by atoms with Crippen LogP contribution in [0.3, 0.4) is 0 Å². The van der Waals surface area contributed by atoms with Crippen molar-refractivity contribution in [3.05, 3.63) is 23.8 Å². The number of hydrogen-bond acceptors (Lipinski definition) is 4. The van der Waals surface area contributed by atoms with E-state index in [0.717, 1.165) is 42.7 Å². The molecule has 2 bridgehead atoms. The van der Waals surface area contributed by atoms with Crippen LogP contribution in [0.5, 0.6) is 11.5 Å². The molecule has 0 spiro atoms. The van der Waals surface area contributed by atoms with Crippen LogP contribution < -0.4 is 14.8 Å². The molecule has 6 nitrogen and oxygen atoms in total. The molecule has 1 aromatic carbocycles. The molecule has 0 saturated carbocycles. The van der Waals surface area contributed by atoms with Gasteiger partial charge in [-0.1, -0.05) is 12.1 Å². The van der Waals surface area contributed by atoms with Gasteiger partial charge in [-0.25, -0.2) is 4.99 Å². The number of hydrogen-bond donors (Lipinski definition) is 1. The van der Waals surface area contributed by atoms with Crippen molar-refractivity contribution >= 4 is 29.9 Å². The Morgan fingerprint density at radius 3 is 2.69 bits per heavy atom. The Labute approximate surface area is 171 Å². The van der Waals surface area contributed by atoms with Crippen LogP contribution in [0.1, 0.15) is 25.3 Å². The summed E-state index contributed by atoms with van der Waals surface area (Å²) in [5.74, 6) is 4.03. The molecule has 3 fully saturated rings. The zero-order valence-corrected chi connectivity index (χ0v) is 17.3. The van der Waals surface area contributed by atoms with Crippen LogP contribution in [0.2, 0.25) is 0 Å². The third-order valence-corrected chi connectivity index (χ3v) is 5.96. The highest BCUT2D eigenvalue weighted by Gasteiger charge is 2.53. The number of para-hydroxylation sites is 1. The predicted molar refractivity (Wildman–Crippen MR) is 109 cm³/mol. The number of nitrogens with one attached hydrogen (secondary N) is 1. The second kappa shape index (κ2) is 7.42. The lowest BCUT2D eigenvalue weighted by Crippen LogP contribution is -2.41. The molecule has 4 unspecified atom stereocenters. The molecule has 3 saturated heterocycles. The highest BCUT2D eigenvalue weighted by atomic mass is 127. The van der Waals surface area contributed by atoms with Crippen LogP contribution in [0.25, 0.3) is 0 Å². The van der Waals surface area contributed by atoms with Gasteiger partial charge < -0.3 is 24.4 Å². The molecule has 1 N–H and O–H groups in total. The highest BCUT2D eigenvalue weighted by molar-refractivity contribution is 14.0. The first-order valence-electron chi connectivity index (χ1n) is 9.39. The fourth-order valence-electron chi connectivity index (χ4n) is 4.83. The van der Waals surface area contributed by atoms with E-state index in [-0.39, 0.29) is 24.0 Å². The van der Waals surface area contributed by atoms with Gasteiger partial charge in [-0.15, -0.1) is 24.0 Å². The number of nitrogens with zero attached hydrogens (tertiary/aromatic N) is 2. The van der Waals surface area contributed by atoms with Crippen LogP contribution in [0.4, 0.5) is 0 Å². The lowest BCUT2D eigenvalue weighted by molar-refractivity contribution is 0.0767. The van der Waals surface area contributed by atoms with E-state index < -0.39 is 0 Å². The van der Waals surface area contributed by atoms with Gasteiger partial charge in [0.25, 0.3) is 0 Å². The lowest BCUT2D eigenvalue weighted by Gasteiger charge is -2.23. The molecule has 26 heavy (non-hydrogen) atoms. The largest absolute Gasteiger partial charge is 0.454 e. The van der Waals surface area contributed by atoms with E-state index in [0.29, 0.717) is 37.4 Å². The zero-order chi connectivity index (χ0) is 16.8. The van der Waals surface area contributed by atoms with Crippen LogP contribution in [0, 0.1) is 11.8 Å². The molecule has 4 heterocycles. The SMILES string of the molecule is CCNC(=NCc1cccc2c1OCO2)N1CC2C3CCC(O3)C2C1.I. The summed E-state index contributed by atoms with van der Waals surface area (Å²) < 4.78 is 17.2. The maximum atomic E-state index is 6.09. The van der Waals surface area contributed by atoms with E-state index in [2.05, 4.69) is 23.2 Å². The summed E-state index contributed by atoms with van der Waals surface area (Å²) in [6, 6.07) is 6.01. The third kappa shape index (κ3) is 3.02. The van der Waals surface area contributed by atoms with Gasteiger partial charge in [0.05, 0.1) is 18.8 Å². The number of guanidine groups is 1. The zero-order valence-electron chi connectivity index (χ0n) is 15.0. The van der Waals surface area contributed by atoms with E-state index in [1.54, 1.807) is 0 Å². The van der Waals surface area contributed by atoms with Gasteiger partial charge in [-0.2, -0.15) is 0 Å². The minimum atomic E-state index is 0. The summed E-state index contributed by atoms with van der Waals surface area (Å²) in [6.45, 7) is 6.02. The Bertz CT molecular complexity index is 681. The minimum absolute atomic E-state index is 0. The second-order valence-corrected chi connectivity index (χ2v) is 7.34. The maximum Gasteiger partial charge on any atom is 0.231 e. The average Bonchev–Trinajstić information content (AvgIpc) is 3.39. The van der Waals surface area contributed by atoms with Crippen molar-refractivity contribution in [2.45, 2.75) is 38.5 Å². The number of aliphatic imine (C=N–C) groups is 1. The van der Waals surface area contributed by atoms with Gasteiger partial charge in [-0.05, 0) is 25.8 Å². The lowest BCUT2D eigenvalue weighted by atomic mass is 9.82. The molecule has 1 aromatic rings. The summed E-state index contributed by atoms with van der Waals surface area (Å²) in [5.41, 5.74) is 1.08. The fourth-order valence-corrected chi connectivity index (χ4v) is 4.83. The molecule has 142 valence electrons. The molecule has 0 radical (unpaired) electrons. The second-order valence-electron chi connectivity index (χ2n) is 7.34. The van der Waals surface area contributed by atoms with E-state index in [9.17, 15) is 0 Å². The summed E-state index contributed by atoms with van der Waals surface area (Å²) in [4.78, 5) is 7.32. The van der Waals surface area contributed by atoms with Crippen LogP contribution in [0.15, 0.2) is 23.2 Å². The number of ether oxygens (including phenoxy) is 3. The molecule has 0 aliphatic carbocycles. The first-order valence-corrected chi connectivity index (χ1v) is 9.39. The Morgan fingerprint density at radius 2 is 1.96 bits per heavy atom. The van der Waals surface area contributed by atoms with E-state index >= 15 is 0 Å². The van der Waals surface area contributed by atoms with Crippen molar-refractivity contribution < 1.29 is 14.2 Å². The summed E-state index contributed by atoms with van der Waals surface area (Å²) >= 11 is 0. The molecule has 5 rings (SSSR count). The average molecular weight is 471 g/mol. The third-order valence-electron chi connectivity index (χ3n) is 5.96. The monoisotopic (exact) mass is 471 g/mol. The molecule has 7 heteroatoms. The molecular weight excluding hydrogens is 445 g/mol. The summed E-state index contributed by atoms with van der Waals surface area (Å²) in [6.07, 6.45) is 3.43. The van der Waals surface area contributed by atoms with Crippen molar-refractivity contribution in [3.8, 4) is 11.5 Å². The van der Waals surface area contributed by atoms with Gasteiger partial charge in [0.15, 0.2) is 17.5 Å².